The van der Waals surface area contributed by atoms with Crippen LogP contribution in [0.5, 0.6) is 5.75 Å². The highest BCUT2D eigenvalue weighted by molar-refractivity contribution is 8.00. The standard InChI is InChI=1S/C19H33N3O4S/c1-3-4-19(27-18-15-16(23)5-6-17(18)21-2)22-8-10-25-12-14-26-13-11-24-9-7-20/h3,5-6,15,19,21-23H,1,4,7-14,20H2,2H3. The first-order valence-corrected chi connectivity index (χ1v) is 10.0. The molecule has 7 nitrogen and oxygen atoms in total. The van der Waals surface area contributed by atoms with E-state index in [-0.39, 0.29) is 11.1 Å². The zero-order valence-electron chi connectivity index (χ0n) is 16.1. The Morgan fingerprint density at radius 1 is 1.15 bits per heavy atom. The average Bonchev–Trinajstić information content (AvgIpc) is 2.66. The lowest BCUT2D eigenvalue weighted by atomic mass is 10.3. The summed E-state index contributed by atoms with van der Waals surface area (Å²) >= 11 is 1.65. The van der Waals surface area contributed by atoms with Crippen molar-refractivity contribution in [2.75, 3.05) is 65.1 Å². The lowest BCUT2D eigenvalue weighted by molar-refractivity contribution is 0.0165. The molecule has 0 aromatic heterocycles. The summed E-state index contributed by atoms with van der Waals surface area (Å²) in [6.07, 6.45) is 2.68. The maximum atomic E-state index is 9.73. The molecule has 0 amide bonds. The number of nitrogens with one attached hydrogen (secondary N) is 2. The van der Waals surface area contributed by atoms with Crippen LogP contribution < -0.4 is 16.4 Å². The van der Waals surface area contributed by atoms with Crippen molar-refractivity contribution in [2.45, 2.75) is 16.7 Å². The predicted molar refractivity (Wildman–Crippen MR) is 112 cm³/mol. The Labute approximate surface area is 166 Å². The molecule has 0 aliphatic rings. The fourth-order valence-electron chi connectivity index (χ4n) is 2.21. The number of benzene rings is 1. The highest BCUT2D eigenvalue weighted by Gasteiger charge is 2.11. The normalized spacial score (nSPS) is 12.1. The van der Waals surface area contributed by atoms with Crippen molar-refractivity contribution in [3.8, 4) is 5.75 Å². The minimum atomic E-state index is 0.149. The number of thioether (sulfide) groups is 1. The highest BCUT2D eigenvalue weighted by atomic mass is 32.2. The van der Waals surface area contributed by atoms with E-state index < -0.39 is 0 Å². The summed E-state index contributed by atoms with van der Waals surface area (Å²) in [5, 5.41) is 16.5. The summed E-state index contributed by atoms with van der Waals surface area (Å²) in [7, 11) is 1.87. The van der Waals surface area contributed by atoms with Gasteiger partial charge in [-0.3, -0.25) is 0 Å². The quantitative estimate of drug-likeness (QED) is 0.104. The summed E-state index contributed by atoms with van der Waals surface area (Å²) in [6.45, 7) is 8.44. The average molecular weight is 400 g/mol. The van der Waals surface area contributed by atoms with Gasteiger partial charge in [-0.15, -0.1) is 18.3 Å². The molecule has 27 heavy (non-hydrogen) atoms. The van der Waals surface area contributed by atoms with Crippen molar-refractivity contribution in [3.05, 3.63) is 30.9 Å². The van der Waals surface area contributed by atoms with E-state index in [1.807, 2.05) is 19.2 Å². The Balaban J connectivity index is 2.20. The van der Waals surface area contributed by atoms with Crippen LogP contribution in [-0.2, 0) is 14.2 Å². The van der Waals surface area contributed by atoms with Crippen molar-refractivity contribution in [3.63, 3.8) is 0 Å². The molecular weight excluding hydrogens is 366 g/mol. The molecule has 1 rings (SSSR count). The summed E-state index contributed by atoms with van der Waals surface area (Å²) in [5.41, 5.74) is 6.31. The fourth-order valence-corrected chi connectivity index (χ4v) is 3.44. The molecule has 0 aliphatic heterocycles. The van der Waals surface area contributed by atoms with Crippen molar-refractivity contribution >= 4 is 17.4 Å². The van der Waals surface area contributed by atoms with Crippen LogP contribution in [0.2, 0.25) is 0 Å². The summed E-state index contributed by atoms with van der Waals surface area (Å²) in [5.74, 6) is 0.255. The van der Waals surface area contributed by atoms with Gasteiger partial charge in [0.05, 0.1) is 45.0 Å². The van der Waals surface area contributed by atoms with Crippen molar-refractivity contribution in [2.24, 2.45) is 5.73 Å². The zero-order chi connectivity index (χ0) is 19.7. The number of ether oxygens (including phenoxy) is 3. The largest absolute Gasteiger partial charge is 0.508 e. The molecule has 0 saturated heterocycles. The number of nitrogens with two attached hydrogens (primary N) is 1. The second-order valence-electron chi connectivity index (χ2n) is 5.64. The summed E-state index contributed by atoms with van der Waals surface area (Å²) in [4.78, 5) is 0.989. The molecule has 1 aromatic carbocycles. The number of phenols is 1. The molecule has 0 aliphatic carbocycles. The Bertz CT molecular complexity index is 520. The lowest BCUT2D eigenvalue weighted by Gasteiger charge is -2.19. The van der Waals surface area contributed by atoms with E-state index in [1.54, 1.807) is 23.9 Å². The van der Waals surface area contributed by atoms with Gasteiger partial charge in [-0.25, -0.2) is 0 Å². The summed E-state index contributed by atoms with van der Waals surface area (Å²) in [6, 6.07) is 5.30. The number of hydrogen-bond acceptors (Lipinski definition) is 8. The molecule has 8 heteroatoms. The Morgan fingerprint density at radius 2 is 1.81 bits per heavy atom. The topological polar surface area (TPSA) is 98.0 Å². The number of rotatable bonds is 17. The van der Waals surface area contributed by atoms with Crippen LogP contribution in [-0.4, -0.2) is 70.3 Å². The molecule has 5 N–H and O–H groups in total. The van der Waals surface area contributed by atoms with Gasteiger partial charge in [0.1, 0.15) is 5.75 Å². The van der Waals surface area contributed by atoms with E-state index in [1.165, 1.54) is 0 Å². The van der Waals surface area contributed by atoms with Gasteiger partial charge in [-0.05, 0) is 24.6 Å². The van der Waals surface area contributed by atoms with Gasteiger partial charge in [-0.1, -0.05) is 6.08 Å². The fraction of sp³-hybridized carbons (Fsp3) is 0.579. The zero-order valence-corrected chi connectivity index (χ0v) is 16.9. The second kappa shape index (κ2) is 15.7. The van der Waals surface area contributed by atoms with Gasteiger partial charge in [0.25, 0.3) is 0 Å². The Kier molecular flexibility index (Phi) is 13.8. The van der Waals surface area contributed by atoms with Crippen molar-refractivity contribution < 1.29 is 19.3 Å². The number of phenolic OH excluding ortho intramolecular Hbond substituents is 1. The first kappa shape index (κ1) is 23.7. The molecule has 0 saturated carbocycles. The molecule has 1 aromatic rings. The van der Waals surface area contributed by atoms with Crippen LogP contribution in [0.3, 0.4) is 0 Å². The molecule has 154 valence electrons. The number of anilines is 1. The Morgan fingerprint density at radius 3 is 2.44 bits per heavy atom. The molecule has 0 spiro atoms. The van der Waals surface area contributed by atoms with Crippen LogP contribution in [0.4, 0.5) is 5.69 Å². The van der Waals surface area contributed by atoms with Crippen LogP contribution in [0.25, 0.3) is 0 Å². The lowest BCUT2D eigenvalue weighted by Crippen LogP contribution is -2.29. The van der Waals surface area contributed by atoms with Crippen LogP contribution in [0, 0.1) is 0 Å². The first-order valence-electron chi connectivity index (χ1n) is 9.16. The second-order valence-corrected chi connectivity index (χ2v) is 6.89. The highest BCUT2D eigenvalue weighted by Crippen LogP contribution is 2.33. The van der Waals surface area contributed by atoms with E-state index >= 15 is 0 Å². The molecule has 1 atom stereocenters. The molecule has 0 fully saturated rings. The third kappa shape index (κ3) is 11.2. The van der Waals surface area contributed by atoms with Gasteiger partial charge >= 0.3 is 0 Å². The van der Waals surface area contributed by atoms with Crippen molar-refractivity contribution in [1.29, 1.82) is 0 Å². The van der Waals surface area contributed by atoms with E-state index in [2.05, 4.69) is 17.2 Å². The molecule has 0 radical (unpaired) electrons. The summed E-state index contributed by atoms with van der Waals surface area (Å²) < 4.78 is 16.2. The van der Waals surface area contributed by atoms with Crippen molar-refractivity contribution in [1.82, 2.24) is 5.32 Å². The van der Waals surface area contributed by atoms with E-state index in [4.69, 9.17) is 19.9 Å². The van der Waals surface area contributed by atoms with E-state index in [0.717, 1.165) is 23.5 Å². The maximum absolute atomic E-state index is 9.73. The third-order valence-electron chi connectivity index (χ3n) is 3.51. The third-order valence-corrected chi connectivity index (χ3v) is 4.74. The minimum absolute atomic E-state index is 0.149. The molecule has 0 heterocycles. The number of hydrogen-bond donors (Lipinski definition) is 4. The van der Waals surface area contributed by atoms with Gasteiger partial charge < -0.3 is 35.7 Å². The number of aromatic hydroxyl groups is 1. The van der Waals surface area contributed by atoms with Gasteiger partial charge in [0, 0.05) is 30.7 Å². The van der Waals surface area contributed by atoms with E-state index in [9.17, 15) is 5.11 Å². The predicted octanol–water partition coefficient (Wildman–Crippen LogP) is 2.03. The SMILES string of the molecule is C=CCC(NCCOCCOCCOCCN)Sc1cc(O)ccc1NC. The monoisotopic (exact) mass is 399 g/mol. The first-order chi connectivity index (χ1) is 13.2. The van der Waals surface area contributed by atoms with Gasteiger partial charge in [0.2, 0.25) is 0 Å². The van der Waals surface area contributed by atoms with E-state index in [0.29, 0.717) is 46.2 Å². The van der Waals surface area contributed by atoms with Crippen LogP contribution in [0.15, 0.2) is 35.7 Å². The van der Waals surface area contributed by atoms with Gasteiger partial charge in [-0.2, -0.15) is 0 Å². The van der Waals surface area contributed by atoms with Crippen LogP contribution in [0.1, 0.15) is 6.42 Å². The minimum Gasteiger partial charge on any atom is -0.508 e. The Hall–Kier alpha value is -1.29. The molecule has 1 unspecified atom stereocenters. The smallest absolute Gasteiger partial charge is 0.116 e. The maximum Gasteiger partial charge on any atom is 0.116 e. The molecule has 0 bridgehead atoms. The van der Waals surface area contributed by atoms with Gasteiger partial charge in [0.15, 0.2) is 0 Å². The molecular formula is C19H33N3O4S. The van der Waals surface area contributed by atoms with Crippen LogP contribution >= 0.6 is 11.8 Å².